The molecule has 0 radical (unpaired) electrons. The summed E-state index contributed by atoms with van der Waals surface area (Å²) < 4.78 is 11.1. The standard InChI is InChI=1S/C23H20ClNO5/c1-13(2)30-22-17(24)11-14(12-20(22)29-3)10-16(21(26)23(27)28)19-9-8-15-6-4-5-7-18(15)25-19/h4-13H,1-3H3,(H,27,28)/b16-10-. The first-order chi connectivity index (χ1) is 14.3. The van der Waals surface area contributed by atoms with Crippen molar-refractivity contribution < 1.29 is 24.2 Å². The van der Waals surface area contributed by atoms with E-state index in [-0.39, 0.29) is 22.4 Å². The Morgan fingerprint density at radius 3 is 2.53 bits per heavy atom. The number of hydrogen-bond donors (Lipinski definition) is 1. The van der Waals surface area contributed by atoms with Crippen molar-refractivity contribution in [2.24, 2.45) is 0 Å². The summed E-state index contributed by atoms with van der Waals surface area (Å²) in [6, 6.07) is 14.0. The topological polar surface area (TPSA) is 85.7 Å². The highest BCUT2D eigenvalue weighted by molar-refractivity contribution is 6.52. The number of ketones is 1. The van der Waals surface area contributed by atoms with Gasteiger partial charge in [-0.05, 0) is 49.8 Å². The molecule has 0 atom stereocenters. The molecule has 0 aliphatic rings. The number of carbonyl (C=O) groups excluding carboxylic acids is 1. The Balaban J connectivity index is 2.15. The number of rotatable bonds is 7. The molecule has 30 heavy (non-hydrogen) atoms. The van der Waals surface area contributed by atoms with E-state index in [4.69, 9.17) is 21.1 Å². The van der Waals surface area contributed by atoms with Gasteiger partial charge >= 0.3 is 5.97 Å². The van der Waals surface area contributed by atoms with Crippen LogP contribution in [0.5, 0.6) is 11.5 Å². The Morgan fingerprint density at radius 2 is 1.87 bits per heavy atom. The summed E-state index contributed by atoms with van der Waals surface area (Å²) >= 11 is 6.36. The number of ether oxygens (including phenoxy) is 2. The molecule has 3 aromatic rings. The number of pyridine rings is 1. The number of hydrogen-bond acceptors (Lipinski definition) is 5. The molecule has 1 N–H and O–H groups in total. The minimum absolute atomic E-state index is 0.0658. The summed E-state index contributed by atoms with van der Waals surface area (Å²) in [6.45, 7) is 3.72. The van der Waals surface area contributed by atoms with Crippen LogP contribution in [0.25, 0.3) is 22.6 Å². The molecule has 0 aliphatic carbocycles. The lowest BCUT2D eigenvalue weighted by Gasteiger charge is -2.16. The number of aromatic nitrogens is 1. The number of aliphatic carboxylic acids is 1. The van der Waals surface area contributed by atoms with Crippen LogP contribution in [0.1, 0.15) is 25.1 Å². The second-order valence-corrected chi connectivity index (χ2v) is 7.19. The third-order valence-corrected chi connectivity index (χ3v) is 4.51. The predicted octanol–water partition coefficient (Wildman–Crippen LogP) is 4.88. The molecule has 3 rings (SSSR count). The Kier molecular flexibility index (Phi) is 6.37. The number of carboxylic acid groups (broad SMARTS) is 1. The number of para-hydroxylation sites is 1. The molecular weight excluding hydrogens is 406 g/mol. The van der Waals surface area contributed by atoms with Crippen molar-refractivity contribution in [3.05, 3.63) is 64.8 Å². The van der Waals surface area contributed by atoms with Crippen LogP contribution in [-0.2, 0) is 9.59 Å². The highest BCUT2D eigenvalue weighted by Gasteiger charge is 2.22. The van der Waals surface area contributed by atoms with Crippen LogP contribution in [-0.4, -0.2) is 35.1 Å². The first-order valence-corrected chi connectivity index (χ1v) is 9.57. The van der Waals surface area contributed by atoms with Gasteiger partial charge in [0.15, 0.2) is 11.5 Å². The van der Waals surface area contributed by atoms with E-state index in [0.717, 1.165) is 5.39 Å². The zero-order valence-electron chi connectivity index (χ0n) is 16.7. The maximum Gasteiger partial charge on any atom is 0.377 e. The van der Waals surface area contributed by atoms with Gasteiger partial charge in [-0.25, -0.2) is 9.78 Å². The van der Waals surface area contributed by atoms with Crippen molar-refractivity contribution in [3.63, 3.8) is 0 Å². The number of benzene rings is 2. The molecule has 0 aliphatic heterocycles. The second-order valence-electron chi connectivity index (χ2n) is 6.78. The fourth-order valence-electron chi connectivity index (χ4n) is 2.93. The molecular formula is C23H20ClNO5. The first kappa shape index (κ1) is 21.3. The molecule has 0 unspecified atom stereocenters. The maximum atomic E-state index is 12.4. The number of halogens is 1. The van der Waals surface area contributed by atoms with E-state index in [2.05, 4.69) is 4.98 Å². The summed E-state index contributed by atoms with van der Waals surface area (Å²) in [5, 5.41) is 10.5. The summed E-state index contributed by atoms with van der Waals surface area (Å²) in [6.07, 6.45) is 1.31. The lowest BCUT2D eigenvalue weighted by molar-refractivity contribution is -0.146. The molecule has 0 spiro atoms. The largest absolute Gasteiger partial charge is 0.493 e. The SMILES string of the molecule is COc1cc(/C=C(\C(=O)C(=O)O)c2ccc3ccccc3n2)cc(Cl)c1OC(C)C. The van der Waals surface area contributed by atoms with Gasteiger partial charge in [-0.2, -0.15) is 0 Å². The number of carbonyl (C=O) groups is 2. The van der Waals surface area contributed by atoms with E-state index in [1.807, 2.05) is 32.0 Å². The van der Waals surface area contributed by atoms with Gasteiger partial charge in [-0.1, -0.05) is 35.9 Å². The van der Waals surface area contributed by atoms with Gasteiger partial charge in [0.05, 0.1) is 35.0 Å². The normalized spacial score (nSPS) is 11.6. The van der Waals surface area contributed by atoms with Crippen LogP contribution in [0.2, 0.25) is 5.02 Å². The van der Waals surface area contributed by atoms with Crippen LogP contribution in [0.15, 0.2) is 48.5 Å². The van der Waals surface area contributed by atoms with E-state index in [0.29, 0.717) is 22.6 Å². The molecule has 1 heterocycles. The molecule has 7 heteroatoms. The summed E-state index contributed by atoms with van der Waals surface area (Å²) in [5.41, 5.74) is 1.31. The zero-order chi connectivity index (χ0) is 21.8. The fourth-order valence-corrected chi connectivity index (χ4v) is 3.19. The third kappa shape index (κ3) is 4.60. The van der Waals surface area contributed by atoms with E-state index < -0.39 is 11.8 Å². The third-order valence-electron chi connectivity index (χ3n) is 4.23. The molecule has 154 valence electrons. The number of Topliss-reactive ketones (excluding diaryl/α,β-unsaturated/α-hetero) is 1. The number of methoxy groups -OCH3 is 1. The van der Waals surface area contributed by atoms with Gasteiger partial charge in [0, 0.05) is 5.39 Å². The van der Waals surface area contributed by atoms with Gasteiger partial charge in [0.2, 0.25) is 0 Å². The van der Waals surface area contributed by atoms with Crippen LogP contribution >= 0.6 is 11.6 Å². The van der Waals surface area contributed by atoms with Gasteiger partial charge in [0.1, 0.15) is 0 Å². The minimum Gasteiger partial charge on any atom is -0.493 e. The maximum absolute atomic E-state index is 12.4. The highest BCUT2D eigenvalue weighted by atomic mass is 35.5. The van der Waals surface area contributed by atoms with Gasteiger partial charge in [-0.3, -0.25) is 4.79 Å². The van der Waals surface area contributed by atoms with Crippen LogP contribution < -0.4 is 9.47 Å². The molecule has 0 fully saturated rings. The summed E-state index contributed by atoms with van der Waals surface area (Å²) in [7, 11) is 1.47. The number of fused-ring (bicyclic) bond motifs is 1. The molecule has 6 nitrogen and oxygen atoms in total. The van der Waals surface area contributed by atoms with Crippen molar-refractivity contribution in [2.75, 3.05) is 7.11 Å². The Bertz CT molecular complexity index is 1150. The van der Waals surface area contributed by atoms with Gasteiger partial charge in [-0.15, -0.1) is 0 Å². The summed E-state index contributed by atoms with van der Waals surface area (Å²) in [4.78, 5) is 28.3. The Morgan fingerprint density at radius 1 is 1.13 bits per heavy atom. The average molecular weight is 426 g/mol. The molecule has 1 aromatic heterocycles. The van der Waals surface area contributed by atoms with Crippen molar-refractivity contribution >= 4 is 45.9 Å². The molecule has 0 saturated heterocycles. The quantitative estimate of drug-likeness (QED) is 0.429. The van der Waals surface area contributed by atoms with Crippen LogP contribution in [0.3, 0.4) is 0 Å². The van der Waals surface area contributed by atoms with E-state index in [1.54, 1.807) is 30.3 Å². The minimum atomic E-state index is -1.57. The molecule has 0 amide bonds. The zero-order valence-corrected chi connectivity index (χ0v) is 17.4. The van der Waals surface area contributed by atoms with E-state index >= 15 is 0 Å². The molecule has 0 saturated carbocycles. The first-order valence-electron chi connectivity index (χ1n) is 9.20. The number of carboxylic acids is 1. The lowest BCUT2D eigenvalue weighted by atomic mass is 10.0. The van der Waals surface area contributed by atoms with Crippen molar-refractivity contribution in [1.82, 2.24) is 4.98 Å². The van der Waals surface area contributed by atoms with Crippen molar-refractivity contribution in [1.29, 1.82) is 0 Å². The second kappa shape index (κ2) is 8.97. The average Bonchev–Trinajstić information content (AvgIpc) is 2.72. The van der Waals surface area contributed by atoms with E-state index in [9.17, 15) is 14.7 Å². The fraction of sp³-hybridized carbons (Fsp3) is 0.174. The van der Waals surface area contributed by atoms with Crippen LogP contribution in [0.4, 0.5) is 0 Å². The van der Waals surface area contributed by atoms with Crippen molar-refractivity contribution in [2.45, 2.75) is 20.0 Å². The van der Waals surface area contributed by atoms with Gasteiger partial charge < -0.3 is 14.6 Å². The lowest BCUT2D eigenvalue weighted by Crippen LogP contribution is -2.15. The predicted molar refractivity (Wildman–Crippen MR) is 116 cm³/mol. The monoisotopic (exact) mass is 425 g/mol. The Hall–Kier alpha value is -3.38. The smallest absolute Gasteiger partial charge is 0.377 e. The highest BCUT2D eigenvalue weighted by Crippen LogP contribution is 2.38. The molecule has 2 aromatic carbocycles. The molecule has 0 bridgehead atoms. The number of nitrogens with zero attached hydrogens (tertiary/aromatic N) is 1. The van der Waals surface area contributed by atoms with Crippen LogP contribution in [0, 0.1) is 0 Å². The van der Waals surface area contributed by atoms with Gasteiger partial charge in [0.25, 0.3) is 5.78 Å². The Labute approximate surface area is 178 Å². The van der Waals surface area contributed by atoms with E-state index in [1.165, 1.54) is 13.2 Å². The summed E-state index contributed by atoms with van der Waals surface area (Å²) in [5.74, 6) is -1.90. The van der Waals surface area contributed by atoms with Crippen molar-refractivity contribution in [3.8, 4) is 11.5 Å².